The highest BCUT2D eigenvalue weighted by molar-refractivity contribution is 7.91. The first kappa shape index (κ1) is 13.0. The molecule has 1 aliphatic heterocycles. The smallest absolute Gasteiger partial charge is 0.221 e. The van der Waals surface area contributed by atoms with E-state index < -0.39 is 9.84 Å². The average molecular weight is 273 g/mol. The van der Waals surface area contributed by atoms with Crippen molar-refractivity contribution in [2.24, 2.45) is 0 Å². The fourth-order valence-corrected chi connectivity index (χ4v) is 3.24. The summed E-state index contributed by atoms with van der Waals surface area (Å²) in [7, 11) is -3.01. The Morgan fingerprint density at radius 3 is 3.06 bits per heavy atom. The molecule has 1 aromatic heterocycles. The summed E-state index contributed by atoms with van der Waals surface area (Å²) in [6, 6.07) is -0.307. The number of hydrogen-bond donors (Lipinski definition) is 3. The lowest BCUT2D eigenvalue weighted by Crippen LogP contribution is -2.47. The Hall–Kier alpha value is -1.48. The molecule has 0 aliphatic carbocycles. The SMILES string of the molecule is O=C(CC1CS(=O)(=O)CCN1)NCc1ncn[nH]1. The zero-order valence-electron chi connectivity index (χ0n) is 9.72. The number of H-pyrrole nitrogens is 1. The molecule has 100 valence electrons. The van der Waals surface area contributed by atoms with E-state index in [4.69, 9.17) is 0 Å². The third-order valence-corrected chi connectivity index (χ3v) is 4.39. The number of carbonyl (C=O) groups is 1. The van der Waals surface area contributed by atoms with Crippen LogP contribution in [0.5, 0.6) is 0 Å². The van der Waals surface area contributed by atoms with Crippen LogP contribution in [-0.2, 0) is 21.2 Å². The Morgan fingerprint density at radius 2 is 2.39 bits per heavy atom. The molecule has 0 radical (unpaired) electrons. The highest BCUT2D eigenvalue weighted by atomic mass is 32.2. The zero-order valence-corrected chi connectivity index (χ0v) is 10.5. The summed E-state index contributed by atoms with van der Waals surface area (Å²) in [5.74, 6) is 0.514. The molecule has 0 aromatic carbocycles. The number of hydrogen-bond acceptors (Lipinski definition) is 6. The van der Waals surface area contributed by atoms with Crippen molar-refractivity contribution in [3.8, 4) is 0 Å². The molecule has 2 heterocycles. The van der Waals surface area contributed by atoms with Gasteiger partial charge in [0.2, 0.25) is 5.91 Å². The minimum atomic E-state index is -3.01. The zero-order chi connectivity index (χ0) is 13.0. The molecular formula is C9H15N5O3S. The van der Waals surface area contributed by atoms with Crippen molar-refractivity contribution >= 4 is 15.7 Å². The fourth-order valence-electron chi connectivity index (χ4n) is 1.79. The molecule has 18 heavy (non-hydrogen) atoms. The van der Waals surface area contributed by atoms with Gasteiger partial charge in [0.25, 0.3) is 0 Å². The predicted molar refractivity (Wildman–Crippen MR) is 63.3 cm³/mol. The number of rotatable bonds is 4. The van der Waals surface area contributed by atoms with Crippen LogP contribution >= 0.6 is 0 Å². The molecule has 1 unspecified atom stereocenters. The van der Waals surface area contributed by atoms with Gasteiger partial charge in [-0.25, -0.2) is 13.4 Å². The summed E-state index contributed by atoms with van der Waals surface area (Å²) in [4.78, 5) is 15.5. The van der Waals surface area contributed by atoms with Crippen LogP contribution in [0.3, 0.4) is 0 Å². The Labute approximate surface area is 104 Å². The molecule has 1 saturated heterocycles. The van der Waals surface area contributed by atoms with Crippen LogP contribution in [0.15, 0.2) is 6.33 Å². The van der Waals surface area contributed by atoms with Crippen LogP contribution < -0.4 is 10.6 Å². The molecule has 0 saturated carbocycles. The van der Waals surface area contributed by atoms with E-state index in [1.54, 1.807) is 0 Å². The highest BCUT2D eigenvalue weighted by Gasteiger charge is 2.25. The van der Waals surface area contributed by atoms with Gasteiger partial charge in [0, 0.05) is 19.0 Å². The van der Waals surface area contributed by atoms with Crippen molar-refractivity contribution in [1.29, 1.82) is 0 Å². The van der Waals surface area contributed by atoms with Gasteiger partial charge in [-0.15, -0.1) is 0 Å². The van der Waals surface area contributed by atoms with Crippen LogP contribution in [-0.4, -0.2) is 53.6 Å². The minimum Gasteiger partial charge on any atom is -0.349 e. The maximum absolute atomic E-state index is 11.6. The molecule has 1 amide bonds. The van der Waals surface area contributed by atoms with Gasteiger partial charge in [0.1, 0.15) is 12.2 Å². The number of nitrogens with one attached hydrogen (secondary N) is 3. The fraction of sp³-hybridized carbons (Fsp3) is 0.667. The molecule has 2 rings (SSSR count). The number of carbonyl (C=O) groups excluding carboxylic acids is 1. The lowest BCUT2D eigenvalue weighted by molar-refractivity contribution is -0.121. The van der Waals surface area contributed by atoms with Crippen LogP contribution in [0.1, 0.15) is 12.2 Å². The lowest BCUT2D eigenvalue weighted by atomic mass is 10.2. The van der Waals surface area contributed by atoms with Gasteiger partial charge in [-0.05, 0) is 0 Å². The molecule has 9 heteroatoms. The van der Waals surface area contributed by atoms with Crippen molar-refractivity contribution in [1.82, 2.24) is 25.8 Å². The second-order valence-electron chi connectivity index (χ2n) is 4.18. The highest BCUT2D eigenvalue weighted by Crippen LogP contribution is 2.04. The topological polar surface area (TPSA) is 117 Å². The predicted octanol–water partition coefficient (Wildman–Crippen LogP) is -1.80. The number of aromatic amines is 1. The molecule has 0 spiro atoms. The third-order valence-electron chi connectivity index (χ3n) is 2.65. The summed E-state index contributed by atoms with van der Waals surface area (Å²) in [6.45, 7) is 0.667. The Kier molecular flexibility index (Phi) is 3.92. The standard InChI is InChI=1S/C9H15N5O3S/c15-9(11-4-8-12-6-13-14-8)3-7-5-18(16,17)2-1-10-7/h6-7,10H,1-5H2,(H,11,15)(H,12,13,14). The molecule has 1 fully saturated rings. The second kappa shape index (κ2) is 5.44. The maximum Gasteiger partial charge on any atom is 0.221 e. The molecule has 0 bridgehead atoms. The van der Waals surface area contributed by atoms with E-state index in [9.17, 15) is 13.2 Å². The Bertz CT molecular complexity index is 498. The van der Waals surface area contributed by atoms with Crippen LogP contribution in [0.4, 0.5) is 0 Å². The van der Waals surface area contributed by atoms with Gasteiger partial charge in [0.15, 0.2) is 9.84 Å². The summed E-state index contributed by atoms with van der Waals surface area (Å²) in [5.41, 5.74) is 0. The molecule has 1 aromatic rings. The quantitative estimate of drug-likeness (QED) is 0.596. The molecule has 3 N–H and O–H groups in total. The summed E-state index contributed by atoms with van der Waals surface area (Å²) < 4.78 is 22.8. The van der Waals surface area contributed by atoms with Crippen molar-refractivity contribution in [3.05, 3.63) is 12.2 Å². The van der Waals surface area contributed by atoms with Gasteiger partial charge < -0.3 is 10.6 Å². The van der Waals surface area contributed by atoms with E-state index in [0.717, 1.165) is 0 Å². The number of amides is 1. The van der Waals surface area contributed by atoms with Crippen LogP contribution in [0, 0.1) is 0 Å². The normalized spacial score (nSPS) is 22.6. The van der Waals surface area contributed by atoms with Crippen molar-refractivity contribution < 1.29 is 13.2 Å². The molecule has 1 atom stereocenters. The largest absolute Gasteiger partial charge is 0.349 e. The van der Waals surface area contributed by atoms with Crippen molar-refractivity contribution in [2.45, 2.75) is 19.0 Å². The Balaban J connectivity index is 1.77. The number of aromatic nitrogens is 3. The van der Waals surface area contributed by atoms with E-state index >= 15 is 0 Å². The maximum atomic E-state index is 11.6. The van der Waals surface area contributed by atoms with Gasteiger partial charge in [-0.3, -0.25) is 9.89 Å². The lowest BCUT2D eigenvalue weighted by Gasteiger charge is -2.22. The first-order valence-corrected chi connectivity index (χ1v) is 7.42. The first-order chi connectivity index (χ1) is 8.55. The van der Waals surface area contributed by atoms with E-state index in [1.807, 2.05) is 0 Å². The monoisotopic (exact) mass is 273 g/mol. The number of nitrogens with zero attached hydrogens (tertiary/aromatic N) is 2. The number of sulfone groups is 1. The van der Waals surface area contributed by atoms with Gasteiger partial charge >= 0.3 is 0 Å². The van der Waals surface area contributed by atoms with E-state index in [0.29, 0.717) is 12.4 Å². The van der Waals surface area contributed by atoms with E-state index in [-0.39, 0.29) is 36.4 Å². The average Bonchev–Trinajstić information content (AvgIpc) is 2.77. The Morgan fingerprint density at radius 1 is 1.56 bits per heavy atom. The molecule has 8 nitrogen and oxygen atoms in total. The van der Waals surface area contributed by atoms with E-state index in [2.05, 4.69) is 25.8 Å². The van der Waals surface area contributed by atoms with Gasteiger partial charge in [0.05, 0.1) is 18.1 Å². The minimum absolute atomic E-state index is 0.0166. The first-order valence-electron chi connectivity index (χ1n) is 5.60. The second-order valence-corrected chi connectivity index (χ2v) is 6.41. The van der Waals surface area contributed by atoms with Crippen LogP contribution in [0.2, 0.25) is 0 Å². The third kappa shape index (κ3) is 3.77. The summed E-state index contributed by atoms with van der Waals surface area (Å²) in [6.07, 6.45) is 1.50. The van der Waals surface area contributed by atoms with E-state index in [1.165, 1.54) is 6.33 Å². The molecular weight excluding hydrogens is 258 g/mol. The van der Waals surface area contributed by atoms with Crippen molar-refractivity contribution in [2.75, 3.05) is 18.1 Å². The van der Waals surface area contributed by atoms with Gasteiger partial charge in [-0.1, -0.05) is 0 Å². The summed E-state index contributed by atoms with van der Waals surface area (Å²) in [5, 5.41) is 12.0. The molecule has 1 aliphatic rings. The van der Waals surface area contributed by atoms with Gasteiger partial charge in [-0.2, -0.15) is 5.10 Å². The summed E-state index contributed by atoms with van der Waals surface area (Å²) >= 11 is 0. The van der Waals surface area contributed by atoms with Crippen molar-refractivity contribution in [3.63, 3.8) is 0 Å². The van der Waals surface area contributed by atoms with Crippen LogP contribution in [0.25, 0.3) is 0 Å².